The summed E-state index contributed by atoms with van der Waals surface area (Å²) in [5, 5.41) is 2.94. The van der Waals surface area contributed by atoms with Crippen molar-refractivity contribution in [1.82, 2.24) is 10.2 Å². The Balaban J connectivity index is 2.19. The molecule has 0 unspecified atom stereocenters. The summed E-state index contributed by atoms with van der Waals surface area (Å²) in [5.74, 6) is -0.866. The van der Waals surface area contributed by atoms with Crippen LogP contribution >= 0.6 is 0 Å². The highest BCUT2D eigenvalue weighted by atomic mass is 32.2. The summed E-state index contributed by atoms with van der Waals surface area (Å²) in [5.41, 5.74) is 2.32. The second-order valence-electron chi connectivity index (χ2n) is 8.99. The number of sulfonamides is 1. The van der Waals surface area contributed by atoms with Gasteiger partial charge in [0.25, 0.3) is 0 Å². The molecule has 1 N–H and O–H groups in total. The molecule has 0 saturated carbocycles. The molecular formula is C27H38FN3O4S. The molecule has 2 aromatic carbocycles. The monoisotopic (exact) mass is 519 g/mol. The number of benzene rings is 2. The minimum absolute atomic E-state index is 0.0635. The van der Waals surface area contributed by atoms with E-state index >= 15 is 0 Å². The minimum Gasteiger partial charge on any atom is -0.354 e. The fraction of sp³-hybridized carbons (Fsp3) is 0.481. The molecule has 0 heterocycles. The lowest BCUT2D eigenvalue weighted by Gasteiger charge is -2.31. The third-order valence-electron chi connectivity index (χ3n) is 5.92. The normalized spacial score (nSPS) is 12.1. The third kappa shape index (κ3) is 8.93. The summed E-state index contributed by atoms with van der Waals surface area (Å²) in [7, 11) is -3.63. The van der Waals surface area contributed by atoms with Crippen LogP contribution < -0.4 is 9.62 Å². The van der Waals surface area contributed by atoms with E-state index in [4.69, 9.17) is 0 Å². The van der Waals surface area contributed by atoms with Gasteiger partial charge in [-0.15, -0.1) is 0 Å². The molecule has 1 atom stereocenters. The average Bonchev–Trinajstić information content (AvgIpc) is 2.82. The maximum atomic E-state index is 13.4. The van der Waals surface area contributed by atoms with E-state index < -0.39 is 21.9 Å². The molecule has 36 heavy (non-hydrogen) atoms. The minimum atomic E-state index is -3.63. The Morgan fingerprint density at radius 1 is 1.06 bits per heavy atom. The van der Waals surface area contributed by atoms with E-state index in [1.165, 1.54) is 28.6 Å². The topological polar surface area (TPSA) is 86.8 Å². The number of rotatable bonds is 14. The van der Waals surface area contributed by atoms with Crippen molar-refractivity contribution in [2.75, 3.05) is 23.7 Å². The second kappa shape index (κ2) is 14.0. The first-order valence-corrected chi connectivity index (χ1v) is 14.3. The zero-order chi connectivity index (χ0) is 26.7. The molecule has 2 aromatic rings. The number of carbonyl (C=O) groups is 2. The molecule has 0 aromatic heterocycles. The first-order chi connectivity index (χ1) is 17.1. The third-order valence-corrected chi connectivity index (χ3v) is 7.11. The van der Waals surface area contributed by atoms with Gasteiger partial charge in [0.15, 0.2) is 0 Å². The van der Waals surface area contributed by atoms with Crippen LogP contribution in [0.15, 0.2) is 48.5 Å². The molecule has 0 saturated heterocycles. The molecule has 0 aliphatic rings. The standard InChI is InChI=1S/C27H38FN3O4S/c1-5-7-17-29-27(33)25(6-2)30(20-22-11-8-10-21(3)19-22)26(32)12-9-18-31(36(4,34)35)24-15-13-23(28)14-16-24/h8,10-11,13-16,19,25H,5-7,9,12,17-18,20H2,1-4H3,(H,29,33)/t25-/m1/s1. The van der Waals surface area contributed by atoms with Crippen molar-refractivity contribution in [3.63, 3.8) is 0 Å². The molecule has 2 rings (SSSR count). The highest BCUT2D eigenvalue weighted by molar-refractivity contribution is 7.92. The van der Waals surface area contributed by atoms with Crippen LogP contribution in [-0.2, 0) is 26.2 Å². The predicted octanol–water partition coefficient (Wildman–Crippen LogP) is 4.40. The maximum absolute atomic E-state index is 13.4. The van der Waals surface area contributed by atoms with E-state index in [-0.39, 0.29) is 37.7 Å². The largest absolute Gasteiger partial charge is 0.354 e. The van der Waals surface area contributed by atoms with Crippen molar-refractivity contribution in [2.24, 2.45) is 0 Å². The van der Waals surface area contributed by atoms with E-state index in [9.17, 15) is 22.4 Å². The lowest BCUT2D eigenvalue weighted by atomic mass is 10.1. The van der Waals surface area contributed by atoms with Gasteiger partial charge in [-0.25, -0.2) is 12.8 Å². The summed E-state index contributed by atoms with van der Waals surface area (Å²) < 4.78 is 39.2. The summed E-state index contributed by atoms with van der Waals surface area (Å²) >= 11 is 0. The number of amides is 2. The van der Waals surface area contributed by atoms with Gasteiger partial charge in [0.05, 0.1) is 11.9 Å². The Morgan fingerprint density at radius 2 is 1.75 bits per heavy atom. The number of hydrogen-bond donors (Lipinski definition) is 1. The van der Waals surface area contributed by atoms with Crippen LogP contribution in [0.1, 0.15) is 57.1 Å². The van der Waals surface area contributed by atoms with Crippen LogP contribution in [0.25, 0.3) is 0 Å². The molecular weight excluding hydrogens is 481 g/mol. The van der Waals surface area contributed by atoms with Crippen LogP contribution in [0.4, 0.5) is 10.1 Å². The zero-order valence-corrected chi connectivity index (χ0v) is 22.5. The zero-order valence-electron chi connectivity index (χ0n) is 21.7. The van der Waals surface area contributed by atoms with Gasteiger partial charge in [0.2, 0.25) is 21.8 Å². The average molecular weight is 520 g/mol. The number of hydrogen-bond acceptors (Lipinski definition) is 4. The van der Waals surface area contributed by atoms with Gasteiger partial charge in [0.1, 0.15) is 11.9 Å². The van der Waals surface area contributed by atoms with Crippen LogP contribution in [0, 0.1) is 12.7 Å². The van der Waals surface area contributed by atoms with Crippen molar-refractivity contribution in [3.8, 4) is 0 Å². The molecule has 0 radical (unpaired) electrons. The molecule has 0 bridgehead atoms. The fourth-order valence-corrected chi connectivity index (χ4v) is 5.01. The lowest BCUT2D eigenvalue weighted by molar-refractivity contribution is -0.141. The van der Waals surface area contributed by atoms with Crippen molar-refractivity contribution >= 4 is 27.5 Å². The first-order valence-electron chi connectivity index (χ1n) is 12.4. The Labute approximate surface area is 214 Å². The Kier molecular flexibility index (Phi) is 11.4. The predicted molar refractivity (Wildman–Crippen MR) is 142 cm³/mol. The molecule has 198 valence electrons. The van der Waals surface area contributed by atoms with Gasteiger partial charge in [-0.2, -0.15) is 0 Å². The molecule has 2 amide bonds. The number of anilines is 1. The van der Waals surface area contributed by atoms with Crippen LogP contribution in [0.5, 0.6) is 0 Å². The Morgan fingerprint density at radius 3 is 2.33 bits per heavy atom. The number of nitrogens with zero attached hydrogens (tertiary/aromatic N) is 2. The second-order valence-corrected chi connectivity index (χ2v) is 10.9. The lowest BCUT2D eigenvalue weighted by Crippen LogP contribution is -2.49. The highest BCUT2D eigenvalue weighted by Gasteiger charge is 2.28. The summed E-state index contributed by atoms with van der Waals surface area (Å²) in [6.07, 6.45) is 3.67. The number of halogens is 1. The molecule has 9 heteroatoms. The molecule has 0 aliphatic carbocycles. The first kappa shape index (κ1) is 29.3. The number of carbonyl (C=O) groups excluding carboxylic acids is 2. The van der Waals surface area contributed by atoms with Crippen molar-refractivity contribution in [1.29, 1.82) is 0 Å². The Hall–Kier alpha value is -2.94. The molecule has 7 nitrogen and oxygen atoms in total. The van der Waals surface area contributed by atoms with Crippen LogP contribution in [0.3, 0.4) is 0 Å². The maximum Gasteiger partial charge on any atom is 0.242 e. The number of aryl methyl sites for hydroxylation is 1. The fourth-order valence-electron chi connectivity index (χ4n) is 4.04. The van der Waals surface area contributed by atoms with Crippen molar-refractivity contribution in [2.45, 2.75) is 65.5 Å². The van der Waals surface area contributed by atoms with Crippen molar-refractivity contribution in [3.05, 3.63) is 65.5 Å². The van der Waals surface area contributed by atoms with Crippen LogP contribution in [-0.4, -0.2) is 50.5 Å². The SMILES string of the molecule is CCCCNC(=O)[C@@H](CC)N(Cc1cccc(C)c1)C(=O)CCCN(c1ccc(F)cc1)S(C)(=O)=O. The van der Waals surface area contributed by atoms with Crippen molar-refractivity contribution < 1.29 is 22.4 Å². The van der Waals surface area contributed by atoms with E-state index in [2.05, 4.69) is 5.32 Å². The molecule has 0 fully saturated rings. The van der Waals surface area contributed by atoms with Crippen LogP contribution in [0.2, 0.25) is 0 Å². The van der Waals surface area contributed by atoms with Gasteiger partial charge in [0, 0.05) is 26.1 Å². The van der Waals surface area contributed by atoms with Gasteiger partial charge in [-0.3, -0.25) is 13.9 Å². The highest BCUT2D eigenvalue weighted by Crippen LogP contribution is 2.20. The van der Waals surface area contributed by atoms with E-state index in [0.29, 0.717) is 18.7 Å². The van der Waals surface area contributed by atoms with Gasteiger partial charge in [-0.1, -0.05) is 50.1 Å². The summed E-state index contributed by atoms with van der Waals surface area (Å²) in [4.78, 5) is 28.0. The smallest absolute Gasteiger partial charge is 0.242 e. The quantitative estimate of drug-likeness (QED) is 0.375. The summed E-state index contributed by atoms with van der Waals surface area (Å²) in [6.45, 7) is 6.80. The van der Waals surface area contributed by atoms with Gasteiger partial charge < -0.3 is 10.2 Å². The Bertz CT molecular complexity index is 1110. The van der Waals surface area contributed by atoms with Gasteiger partial charge >= 0.3 is 0 Å². The number of unbranched alkanes of at least 4 members (excludes halogenated alkanes) is 1. The number of nitrogens with one attached hydrogen (secondary N) is 1. The molecule has 0 spiro atoms. The molecule has 0 aliphatic heterocycles. The van der Waals surface area contributed by atoms with E-state index in [1.807, 2.05) is 45.0 Å². The van der Waals surface area contributed by atoms with E-state index in [1.54, 1.807) is 4.90 Å². The van der Waals surface area contributed by atoms with Gasteiger partial charge in [-0.05, 0) is 56.0 Å². The van der Waals surface area contributed by atoms with E-state index in [0.717, 1.165) is 30.2 Å². The summed E-state index contributed by atoms with van der Waals surface area (Å²) in [6, 6.07) is 12.4.